The van der Waals surface area contributed by atoms with Crippen molar-refractivity contribution in [2.45, 2.75) is 45.6 Å². The van der Waals surface area contributed by atoms with Crippen LogP contribution in [0.3, 0.4) is 0 Å². The number of nitrogens with one attached hydrogen (secondary N) is 2. The quantitative estimate of drug-likeness (QED) is 0.670. The van der Waals surface area contributed by atoms with E-state index >= 15 is 0 Å². The summed E-state index contributed by atoms with van der Waals surface area (Å²) in [5.74, 6) is -0.0621. The van der Waals surface area contributed by atoms with Gasteiger partial charge >= 0.3 is 0 Å². The molecule has 1 fully saturated rings. The van der Waals surface area contributed by atoms with Gasteiger partial charge in [0.1, 0.15) is 10.6 Å². The van der Waals surface area contributed by atoms with E-state index in [1.54, 1.807) is 12.3 Å². The van der Waals surface area contributed by atoms with E-state index in [9.17, 15) is 18.0 Å². The number of amides is 1. The molecule has 1 saturated heterocycles. The molecule has 3 rings (SSSR count). The Morgan fingerprint density at radius 3 is 2.96 bits per heavy atom. The molecule has 0 aliphatic carbocycles. The van der Waals surface area contributed by atoms with Gasteiger partial charge in [-0.1, -0.05) is 13.8 Å². The first kappa shape index (κ1) is 20.6. The van der Waals surface area contributed by atoms with Crippen LogP contribution in [0.5, 0.6) is 0 Å². The summed E-state index contributed by atoms with van der Waals surface area (Å²) in [6, 6.07) is -0.646. The molecule has 0 bridgehead atoms. The maximum Gasteiger partial charge on any atom is 0.245 e. The summed E-state index contributed by atoms with van der Waals surface area (Å²) < 4.78 is 27.4. The van der Waals surface area contributed by atoms with E-state index < -0.39 is 16.1 Å². The number of hydrogen-bond donors (Lipinski definition) is 2. The van der Waals surface area contributed by atoms with Crippen LogP contribution < -0.4 is 10.8 Å². The summed E-state index contributed by atoms with van der Waals surface area (Å²) in [4.78, 5) is 29.9. The fraction of sp³-hybridized carbons (Fsp3) is 0.556. The third-order valence-corrected chi connectivity index (χ3v) is 6.72. The molecule has 3 heterocycles. The molecule has 0 aromatic heterocycles. The normalized spacial score (nSPS) is 23.0. The molecule has 1 amide bonds. The average Bonchev–Trinajstić information content (AvgIpc) is 3.05. The maximum atomic E-state index is 13.1. The van der Waals surface area contributed by atoms with E-state index in [2.05, 4.69) is 10.8 Å². The van der Waals surface area contributed by atoms with Crippen molar-refractivity contribution in [3.8, 4) is 0 Å². The number of Topliss-reactive ketones (excluding diaryl/α,β-unsaturated/α-hetero) is 1. The lowest BCUT2D eigenvalue weighted by molar-refractivity contribution is -0.127. The highest BCUT2D eigenvalue weighted by Crippen LogP contribution is 2.30. The van der Waals surface area contributed by atoms with Crippen molar-refractivity contribution in [3.63, 3.8) is 0 Å². The summed E-state index contributed by atoms with van der Waals surface area (Å²) in [7, 11) is -3.89. The molecular weight excluding hydrogens is 384 g/mol. The van der Waals surface area contributed by atoms with Crippen LogP contribution in [0.2, 0.25) is 0 Å². The SMILES string of the molecule is CC(C)CCC(=O)NC1CCCN(S(=O)(=O)C2=CC=CN3ONC=C23)CC1=O. The molecule has 3 aliphatic heterocycles. The molecule has 0 aromatic rings. The number of nitrogens with zero attached hydrogens (tertiary/aromatic N) is 2. The van der Waals surface area contributed by atoms with Gasteiger partial charge in [0.15, 0.2) is 5.78 Å². The molecule has 0 saturated carbocycles. The molecule has 0 radical (unpaired) electrons. The first-order valence-corrected chi connectivity index (χ1v) is 10.9. The van der Waals surface area contributed by atoms with Crippen molar-refractivity contribution >= 4 is 21.7 Å². The predicted octanol–water partition coefficient (Wildman–Crippen LogP) is 0.907. The highest BCUT2D eigenvalue weighted by atomic mass is 32.2. The van der Waals surface area contributed by atoms with E-state index in [-0.39, 0.29) is 29.7 Å². The molecule has 2 N–H and O–H groups in total. The fourth-order valence-corrected chi connectivity index (χ4v) is 4.84. The fourth-order valence-electron chi connectivity index (χ4n) is 3.23. The Balaban J connectivity index is 1.68. The number of carbonyl (C=O) groups excluding carboxylic acids is 2. The third-order valence-electron chi connectivity index (χ3n) is 4.83. The van der Waals surface area contributed by atoms with Gasteiger partial charge in [0, 0.05) is 19.2 Å². The standard InChI is InChI=1S/C18H26N4O5S/c1-13(2)7-8-18(24)20-14-5-3-9-21(12-16(14)23)28(25,26)17-6-4-10-22-15(17)11-19-27-22/h4,6,10-11,13-14,19H,3,5,7-9,12H2,1-2H3,(H,20,24). The first-order chi connectivity index (χ1) is 13.3. The Hall–Kier alpha value is -2.17. The minimum Gasteiger partial charge on any atom is -0.346 e. The van der Waals surface area contributed by atoms with Crippen molar-refractivity contribution in [1.82, 2.24) is 20.2 Å². The lowest BCUT2D eigenvalue weighted by Crippen LogP contribution is -2.44. The lowest BCUT2D eigenvalue weighted by Gasteiger charge is -2.25. The van der Waals surface area contributed by atoms with Gasteiger partial charge in [-0.15, -0.1) is 0 Å². The average molecular weight is 410 g/mol. The van der Waals surface area contributed by atoms with Crippen LogP contribution in [-0.2, 0) is 24.6 Å². The zero-order valence-corrected chi connectivity index (χ0v) is 16.9. The molecule has 1 unspecified atom stereocenters. The number of carbonyl (C=O) groups is 2. The summed E-state index contributed by atoms with van der Waals surface area (Å²) in [6.07, 6.45) is 8.10. The molecule has 10 heteroatoms. The van der Waals surface area contributed by atoms with Crippen molar-refractivity contribution in [2.24, 2.45) is 5.92 Å². The molecule has 9 nitrogen and oxygen atoms in total. The zero-order chi connectivity index (χ0) is 20.3. The monoisotopic (exact) mass is 410 g/mol. The summed E-state index contributed by atoms with van der Waals surface area (Å²) in [6.45, 7) is 4.02. The van der Waals surface area contributed by atoms with Crippen molar-refractivity contribution < 1.29 is 22.9 Å². The number of rotatable bonds is 6. The molecule has 1 atom stereocenters. The zero-order valence-electron chi connectivity index (χ0n) is 16.1. The number of allylic oxidation sites excluding steroid dienone is 2. The third kappa shape index (κ3) is 4.45. The Labute approximate surface area is 165 Å². The number of hydrogen-bond acceptors (Lipinski definition) is 7. The van der Waals surface area contributed by atoms with Crippen molar-refractivity contribution in [2.75, 3.05) is 13.1 Å². The van der Waals surface area contributed by atoms with Crippen LogP contribution in [0.1, 0.15) is 39.5 Å². The Kier molecular flexibility index (Phi) is 6.21. The first-order valence-electron chi connectivity index (χ1n) is 9.42. The van der Waals surface area contributed by atoms with Gasteiger partial charge in [-0.2, -0.15) is 9.24 Å². The summed E-state index contributed by atoms with van der Waals surface area (Å²) >= 11 is 0. The number of ketones is 1. The lowest BCUT2D eigenvalue weighted by atomic mass is 10.1. The summed E-state index contributed by atoms with van der Waals surface area (Å²) in [5, 5.41) is 4.08. The van der Waals surface area contributed by atoms with Gasteiger partial charge in [0.2, 0.25) is 15.9 Å². The second-order valence-electron chi connectivity index (χ2n) is 7.44. The largest absolute Gasteiger partial charge is 0.346 e. The summed E-state index contributed by atoms with van der Waals surface area (Å²) in [5.41, 5.74) is 2.87. The van der Waals surface area contributed by atoms with Gasteiger partial charge in [0.05, 0.1) is 18.8 Å². The topological polar surface area (TPSA) is 108 Å². The Morgan fingerprint density at radius 1 is 1.43 bits per heavy atom. The van der Waals surface area contributed by atoms with Crippen LogP contribution in [0.4, 0.5) is 0 Å². The smallest absolute Gasteiger partial charge is 0.245 e. The second-order valence-corrected chi connectivity index (χ2v) is 9.34. The van der Waals surface area contributed by atoms with E-state index in [1.165, 1.54) is 21.6 Å². The van der Waals surface area contributed by atoms with Crippen LogP contribution >= 0.6 is 0 Å². The van der Waals surface area contributed by atoms with E-state index in [1.807, 2.05) is 13.8 Å². The molecule has 0 spiro atoms. The van der Waals surface area contributed by atoms with Gasteiger partial charge in [-0.05, 0) is 37.3 Å². The van der Waals surface area contributed by atoms with E-state index in [0.29, 0.717) is 30.9 Å². The molecule has 3 aliphatic rings. The minimum absolute atomic E-state index is 0.0622. The van der Waals surface area contributed by atoms with Gasteiger partial charge in [-0.3, -0.25) is 9.59 Å². The van der Waals surface area contributed by atoms with Crippen LogP contribution in [0.15, 0.2) is 35.2 Å². The van der Waals surface area contributed by atoms with Gasteiger partial charge in [-0.25, -0.2) is 19.0 Å². The maximum absolute atomic E-state index is 13.1. The number of sulfonamides is 1. The highest BCUT2D eigenvalue weighted by molar-refractivity contribution is 7.93. The second kappa shape index (κ2) is 8.46. The molecule has 154 valence electrons. The van der Waals surface area contributed by atoms with Gasteiger partial charge < -0.3 is 5.32 Å². The Morgan fingerprint density at radius 2 is 2.21 bits per heavy atom. The highest BCUT2D eigenvalue weighted by Gasteiger charge is 2.37. The predicted molar refractivity (Wildman–Crippen MR) is 102 cm³/mol. The molecule has 0 aromatic carbocycles. The molecule has 28 heavy (non-hydrogen) atoms. The Bertz CT molecular complexity index is 831. The van der Waals surface area contributed by atoms with Crippen LogP contribution in [-0.4, -0.2) is 48.6 Å². The van der Waals surface area contributed by atoms with E-state index in [4.69, 9.17) is 4.94 Å². The van der Waals surface area contributed by atoms with Crippen molar-refractivity contribution in [1.29, 1.82) is 0 Å². The van der Waals surface area contributed by atoms with Gasteiger partial charge in [0.25, 0.3) is 0 Å². The van der Waals surface area contributed by atoms with E-state index in [0.717, 1.165) is 6.42 Å². The number of hydroxylamine groups is 3. The van der Waals surface area contributed by atoms with Crippen LogP contribution in [0, 0.1) is 5.92 Å². The van der Waals surface area contributed by atoms with Crippen molar-refractivity contribution in [3.05, 3.63) is 35.2 Å². The van der Waals surface area contributed by atoms with Crippen LogP contribution in [0.25, 0.3) is 0 Å². The minimum atomic E-state index is -3.89. The number of fused-ring (bicyclic) bond motifs is 1. The molecular formula is C18H26N4O5S.